The summed E-state index contributed by atoms with van der Waals surface area (Å²) in [5, 5.41) is 10.9. The first-order chi connectivity index (χ1) is 16.4. The number of ether oxygens (including phenoxy) is 3. The van der Waals surface area contributed by atoms with Crippen LogP contribution in [0.25, 0.3) is 22.7 Å². The van der Waals surface area contributed by atoms with Crippen molar-refractivity contribution < 1.29 is 14.2 Å². The summed E-state index contributed by atoms with van der Waals surface area (Å²) in [4.78, 5) is 7.70. The predicted octanol–water partition coefficient (Wildman–Crippen LogP) is 7.29. The van der Waals surface area contributed by atoms with Crippen LogP contribution in [-0.2, 0) is 6.61 Å². The maximum atomic E-state index is 9.78. The summed E-state index contributed by atoms with van der Waals surface area (Å²) in [5.74, 6) is 2.17. The van der Waals surface area contributed by atoms with E-state index in [1.54, 1.807) is 38.5 Å². The van der Waals surface area contributed by atoms with Crippen LogP contribution in [0.2, 0.25) is 10.0 Å². The number of hydrogen-bond donors (Lipinski definition) is 1. The summed E-state index contributed by atoms with van der Waals surface area (Å²) in [7, 11) is 3.15. The lowest BCUT2D eigenvalue weighted by molar-refractivity contribution is 0.282. The number of halogens is 3. The SMILES string of the molecule is COc1ccc2nc(/C(C#N)=C\c3cc(Br)c(OCc4ccc(Cl)cc4Cl)c(OC)c3)[nH]c2c1. The minimum absolute atomic E-state index is 0.228. The van der Waals surface area contributed by atoms with Gasteiger partial charge in [0.2, 0.25) is 0 Å². The second-order valence-corrected chi connectivity index (χ2v) is 8.89. The van der Waals surface area contributed by atoms with Gasteiger partial charge in [-0.1, -0.05) is 29.3 Å². The molecule has 0 amide bonds. The minimum Gasteiger partial charge on any atom is -0.497 e. The number of hydrogen-bond acceptors (Lipinski definition) is 5. The van der Waals surface area contributed by atoms with Crippen molar-refractivity contribution in [1.82, 2.24) is 9.97 Å². The van der Waals surface area contributed by atoms with E-state index < -0.39 is 0 Å². The van der Waals surface area contributed by atoms with Gasteiger partial charge in [-0.15, -0.1) is 0 Å². The highest BCUT2D eigenvalue weighted by molar-refractivity contribution is 9.10. The molecule has 4 rings (SSSR count). The summed E-state index contributed by atoms with van der Waals surface area (Å²) in [5.41, 5.74) is 3.40. The standard InChI is InChI=1S/C25H18BrCl2N3O3/c1-32-18-5-6-21-22(11-18)31-25(30-21)16(12-29)7-14-8-19(26)24(23(9-14)33-2)34-13-15-3-4-17(27)10-20(15)28/h3-11H,13H2,1-2H3,(H,30,31)/b16-7-. The zero-order chi connectivity index (χ0) is 24.2. The van der Waals surface area contributed by atoms with Crippen molar-refractivity contribution >= 4 is 61.8 Å². The highest BCUT2D eigenvalue weighted by atomic mass is 79.9. The second kappa shape index (κ2) is 10.4. The molecule has 3 aromatic carbocycles. The number of aromatic nitrogens is 2. The Hall–Kier alpha value is -3.18. The molecule has 4 aromatic rings. The lowest BCUT2D eigenvalue weighted by atomic mass is 10.1. The zero-order valence-electron chi connectivity index (χ0n) is 18.2. The van der Waals surface area contributed by atoms with Crippen LogP contribution in [0.4, 0.5) is 0 Å². The topological polar surface area (TPSA) is 80.2 Å². The molecule has 0 radical (unpaired) electrons. The van der Waals surface area contributed by atoms with E-state index >= 15 is 0 Å². The summed E-state index contributed by atoms with van der Waals surface area (Å²) in [6.07, 6.45) is 1.72. The maximum absolute atomic E-state index is 9.78. The van der Waals surface area contributed by atoms with Gasteiger partial charge in [-0.25, -0.2) is 4.98 Å². The highest BCUT2D eigenvalue weighted by Gasteiger charge is 2.14. The molecule has 0 aliphatic carbocycles. The fourth-order valence-electron chi connectivity index (χ4n) is 3.32. The molecule has 1 heterocycles. The average molecular weight is 559 g/mol. The van der Waals surface area contributed by atoms with Crippen LogP contribution in [0.5, 0.6) is 17.2 Å². The van der Waals surface area contributed by atoms with E-state index in [1.165, 1.54) is 0 Å². The van der Waals surface area contributed by atoms with E-state index in [-0.39, 0.29) is 6.61 Å². The first-order valence-electron chi connectivity index (χ1n) is 10.0. The lowest BCUT2D eigenvalue weighted by Gasteiger charge is -2.14. The quantitative estimate of drug-likeness (QED) is 0.241. The van der Waals surface area contributed by atoms with Crippen LogP contribution in [0.3, 0.4) is 0 Å². The molecule has 0 bridgehead atoms. The van der Waals surface area contributed by atoms with Crippen LogP contribution in [-0.4, -0.2) is 24.2 Å². The number of imidazole rings is 1. The number of methoxy groups -OCH3 is 2. The number of allylic oxidation sites excluding steroid dienone is 1. The van der Waals surface area contributed by atoms with Crippen molar-refractivity contribution in [2.24, 2.45) is 0 Å². The number of fused-ring (bicyclic) bond motifs is 1. The molecule has 0 spiro atoms. The predicted molar refractivity (Wildman–Crippen MR) is 138 cm³/mol. The van der Waals surface area contributed by atoms with Gasteiger partial charge in [0.1, 0.15) is 24.3 Å². The van der Waals surface area contributed by atoms with E-state index in [0.29, 0.717) is 43.2 Å². The Balaban J connectivity index is 1.64. The largest absolute Gasteiger partial charge is 0.497 e. The third-order valence-corrected chi connectivity index (χ3v) is 6.19. The lowest BCUT2D eigenvalue weighted by Crippen LogP contribution is -2.00. The van der Waals surface area contributed by atoms with Crippen molar-refractivity contribution in [2.45, 2.75) is 6.61 Å². The Morgan fingerprint density at radius 1 is 1.12 bits per heavy atom. The van der Waals surface area contributed by atoms with Crippen LogP contribution in [0, 0.1) is 11.3 Å². The molecule has 9 heteroatoms. The molecule has 1 N–H and O–H groups in total. The fraction of sp³-hybridized carbons (Fsp3) is 0.120. The number of rotatable bonds is 7. The van der Waals surface area contributed by atoms with Crippen LogP contribution >= 0.6 is 39.1 Å². The number of nitrogens with zero attached hydrogens (tertiary/aromatic N) is 2. The number of H-pyrrole nitrogens is 1. The first-order valence-corrected chi connectivity index (χ1v) is 11.6. The molecule has 0 saturated carbocycles. The normalized spacial score (nSPS) is 11.4. The van der Waals surface area contributed by atoms with Crippen molar-refractivity contribution in [3.8, 4) is 23.3 Å². The zero-order valence-corrected chi connectivity index (χ0v) is 21.3. The molecule has 0 saturated heterocycles. The van der Waals surface area contributed by atoms with E-state index in [4.69, 9.17) is 37.4 Å². The molecule has 0 aliphatic heterocycles. The monoisotopic (exact) mass is 557 g/mol. The third-order valence-electron chi connectivity index (χ3n) is 5.01. The Morgan fingerprint density at radius 3 is 2.65 bits per heavy atom. The van der Waals surface area contributed by atoms with Crippen molar-refractivity contribution in [3.05, 3.63) is 80.0 Å². The smallest absolute Gasteiger partial charge is 0.175 e. The fourth-order valence-corrected chi connectivity index (χ4v) is 4.35. The van der Waals surface area contributed by atoms with E-state index in [9.17, 15) is 5.26 Å². The number of aromatic amines is 1. The Kier molecular flexibility index (Phi) is 7.32. The van der Waals surface area contributed by atoms with Gasteiger partial charge in [0.25, 0.3) is 0 Å². The van der Waals surface area contributed by atoms with Gasteiger partial charge in [0.15, 0.2) is 11.5 Å². The summed E-state index contributed by atoms with van der Waals surface area (Å²) in [6, 6.07) is 16.5. The van der Waals surface area contributed by atoms with E-state index in [2.05, 4.69) is 32.0 Å². The van der Waals surface area contributed by atoms with Gasteiger partial charge in [0, 0.05) is 21.7 Å². The number of nitrogens with one attached hydrogen (secondary N) is 1. The van der Waals surface area contributed by atoms with Crippen molar-refractivity contribution in [1.29, 1.82) is 5.26 Å². The molecular weight excluding hydrogens is 541 g/mol. The average Bonchev–Trinajstić information content (AvgIpc) is 3.25. The van der Waals surface area contributed by atoms with Crippen LogP contribution in [0.1, 0.15) is 17.0 Å². The summed E-state index contributed by atoms with van der Waals surface area (Å²) < 4.78 is 17.4. The molecule has 6 nitrogen and oxygen atoms in total. The highest BCUT2D eigenvalue weighted by Crippen LogP contribution is 2.38. The van der Waals surface area contributed by atoms with Gasteiger partial charge in [0.05, 0.1) is 35.3 Å². The van der Waals surface area contributed by atoms with Crippen LogP contribution < -0.4 is 14.2 Å². The summed E-state index contributed by atoms with van der Waals surface area (Å²) in [6.45, 7) is 0.228. The molecule has 34 heavy (non-hydrogen) atoms. The first kappa shape index (κ1) is 24.0. The van der Waals surface area contributed by atoms with E-state index in [0.717, 1.165) is 22.2 Å². The second-order valence-electron chi connectivity index (χ2n) is 7.20. The molecule has 0 aliphatic rings. The van der Waals surface area contributed by atoms with Gasteiger partial charge < -0.3 is 19.2 Å². The van der Waals surface area contributed by atoms with Gasteiger partial charge in [-0.05, 0) is 64.0 Å². The Bertz CT molecular complexity index is 1440. The minimum atomic E-state index is 0.228. The maximum Gasteiger partial charge on any atom is 0.175 e. The number of nitriles is 1. The van der Waals surface area contributed by atoms with Crippen molar-refractivity contribution in [3.63, 3.8) is 0 Å². The third kappa shape index (κ3) is 5.15. The van der Waals surface area contributed by atoms with Gasteiger partial charge >= 0.3 is 0 Å². The molecule has 0 atom stereocenters. The molecule has 0 fully saturated rings. The van der Waals surface area contributed by atoms with Gasteiger partial charge in [-0.3, -0.25) is 0 Å². The molecule has 1 aromatic heterocycles. The van der Waals surface area contributed by atoms with Gasteiger partial charge in [-0.2, -0.15) is 5.26 Å². The van der Waals surface area contributed by atoms with Crippen LogP contribution in [0.15, 0.2) is 53.0 Å². The number of benzene rings is 3. The Morgan fingerprint density at radius 2 is 1.94 bits per heavy atom. The molecule has 0 unspecified atom stereocenters. The molecular formula is C25H18BrCl2N3O3. The molecule has 172 valence electrons. The van der Waals surface area contributed by atoms with Crippen molar-refractivity contribution in [2.75, 3.05) is 14.2 Å². The summed E-state index contributed by atoms with van der Waals surface area (Å²) >= 11 is 15.8. The Labute approximate surface area is 214 Å². The van der Waals surface area contributed by atoms with E-state index in [1.807, 2.05) is 30.3 Å².